The molecule has 2 unspecified atom stereocenters. The maximum absolute atomic E-state index is 13.0. The number of hydrogen-bond acceptors (Lipinski definition) is 3. The fourth-order valence-corrected chi connectivity index (χ4v) is 4.05. The van der Waals surface area contributed by atoms with Gasteiger partial charge in [0.1, 0.15) is 5.78 Å². The molecular weight excluding hydrogens is 359 g/mol. The monoisotopic (exact) mass is 380 g/mol. The second kappa shape index (κ2) is 7.90. The van der Waals surface area contributed by atoms with Gasteiger partial charge in [-0.25, -0.2) is 0 Å². The lowest BCUT2D eigenvalue weighted by molar-refractivity contribution is -0.119. The van der Waals surface area contributed by atoms with Gasteiger partial charge in [-0.2, -0.15) is 0 Å². The van der Waals surface area contributed by atoms with Crippen LogP contribution in [-0.2, 0) is 4.79 Å². The van der Waals surface area contributed by atoms with Crippen molar-refractivity contribution in [3.05, 3.63) is 46.0 Å². The van der Waals surface area contributed by atoms with Crippen molar-refractivity contribution in [3.63, 3.8) is 0 Å². The summed E-state index contributed by atoms with van der Waals surface area (Å²) in [6.45, 7) is 1.76. The van der Waals surface area contributed by atoms with E-state index < -0.39 is 0 Å². The summed E-state index contributed by atoms with van der Waals surface area (Å²) in [5, 5.41) is 0.805. The fourth-order valence-electron chi connectivity index (χ4n) is 3.75. The van der Waals surface area contributed by atoms with Gasteiger partial charge in [-0.15, -0.1) is 0 Å². The van der Waals surface area contributed by atoms with E-state index in [0.717, 1.165) is 19.5 Å². The molecule has 6 heteroatoms. The van der Waals surface area contributed by atoms with Gasteiger partial charge < -0.3 is 4.90 Å². The second-order valence-corrected chi connectivity index (χ2v) is 7.54. The van der Waals surface area contributed by atoms with E-state index in [1.165, 1.54) is 0 Å². The van der Waals surface area contributed by atoms with Crippen LogP contribution in [0.4, 0.5) is 0 Å². The van der Waals surface area contributed by atoms with E-state index in [1.807, 2.05) is 7.05 Å². The number of carbonyl (C=O) groups excluding carboxylic acids is 2. The highest BCUT2D eigenvalue weighted by molar-refractivity contribution is 6.42. The molecule has 1 fully saturated rings. The number of likely N-dealkylation sites (N-methyl/N-ethyl adjacent to an activating group) is 1. The number of benzene rings is 1. The smallest absolute Gasteiger partial charge is 0.253 e. The number of rotatable bonds is 3. The number of carbonyl (C=O) groups is 2. The number of nitrogens with zero attached hydrogens (tertiary/aromatic N) is 2. The summed E-state index contributed by atoms with van der Waals surface area (Å²) < 4.78 is 0. The van der Waals surface area contributed by atoms with Crippen LogP contribution >= 0.6 is 23.2 Å². The van der Waals surface area contributed by atoms with Gasteiger partial charge >= 0.3 is 0 Å². The van der Waals surface area contributed by atoms with E-state index in [2.05, 4.69) is 17.1 Å². The Morgan fingerprint density at radius 3 is 2.48 bits per heavy atom. The van der Waals surface area contributed by atoms with Gasteiger partial charge in [-0.1, -0.05) is 35.4 Å². The van der Waals surface area contributed by atoms with Crippen molar-refractivity contribution in [2.24, 2.45) is 0 Å². The first-order valence-corrected chi connectivity index (χ1v) is 9.36. The molecule has 4 nitrogen and oxygen atoms in total. The van der Waals surface area contributed by atoms with Crippen molar-refractivity contribution in [1.29, 1.82) is 0 Å². The molecule has 0 aromatic heterocycles. The van der Waals surface area contributed by atoms with Crippen molar-refractivity contribution < 1.29 is 9.59 Å². The highest BCUT2D eigenvalue weighted by Crippen LogP contribution is 2.28. The van der Waals surface area contributed by atoms with Crippen molar-refractivity contribution in [2.75, 3.05) is 20.1 Å². The van der Waals surface area contributed by atoms with Gasteiger partial charge in [-0.3, -0.25) is 14.5 Å². The zero-order valence-electron chi connectivity index (χ0n) is 14.3. The Morgan fingerprint density at radius 2 is 1.80 bits per heavy atom. The molecule has 1 aromatic carbocycles. The summed E-state index contributed by atoms with van der Waals surface area (Å²) in [4.78, 5) is 29.1. The maximum Gasteiger partial charge on any atom is 0.253 e. The summed E-state index contributed by atoms with van der Waals surface area (Å²) in [6, 6.07) is 5.15. The minimum atomic E-state index is -0.0879. The van der Waals surface area contributed by atoms with E-state index in [1.54, 1.807) is 23.1 Å². The number of hydrogen-bond donors (Lipinski definition) is 0. The Morgan fingerprint density at radius 1 is 1.12 bits per heavy atom. The van der Waals surface area contributed by atoms with E-state index in [-0.39, 0.29) is 23.8 Å². The minimum Gasteiger partial charge on any atom is -0.337 e. The fraction of sp³-hybridized carbons (Fsp3) is 0.474. The molecule has 0 saturated heterocycles. The molecule has 0 bridgehead atoms. The molecule has 1 saturated carbocycles. The molecule has 1 amide bonds. The predicted molar refractivity (Wildman–Crippen MR) is 100 cm³/mol. The molecule has 0 N–H and O–H groups in total. The van der Waals surface area contributed by atoms with E-state index >= 15 is 0 Å². The van der Waals surface area contributed by atoms with Gasteiger partial charge in [0.15, 0.2) is 0 Å². The van der Waals surface area contributed by atoms with Gasteiger partial charge in [0.2, 0.25) is 0 Å². The summed E-state index contributed by atoms with van der Waals surface area (Å²) in [5.41, 5.74) is 0.519. The standard InChI is InChI=1S/C19H22Cl2N2O2/c1-22(19(25)13-4-7-15(20)16(21)12-13)17-8-5-14(24)6-9-18(17)23-10-2-3-11-23/h2-4,7,12,17-18H,5-6,8-11H2,1H3. The van der Waals surface area contributed by atoms with Crippen LogP contribution in [0.1, 0.15) is 36.0 Å². The molecule has 134 valence electrons. The van der Waals surface area contributed by atoms with Gasteiger partial charge in [0.05, 0.1) is 10.0 Å². The zero-order chi connectivity index (χ0) is 18.0. The van der Waals surface area contributed by atoms with Crippen LogP contribution in [0.3, 0.4) is 0 Å². The van der Waals surface area contributed by atoms with Gasteiger partial charge in [-0.05, 0) is 31.0 Å². The van der Waals surface area contributed by atoms with Crippen molar-refractivity contribution in [3.8, 4) is 0 Å². The Bertz CT molecular complexity index is 697. The molecule has 1 aliphatic heterocycles. The lowest BCUT2D eigenvalue weighted by Gasteiger charge is -2.38. The number of amides is 1. The summed E-state index contributed by atoms with van der Waals surface area (Å²) >= 11 is 12.0. The summed E-state index contributed by atoms with van der Waals surface area (Å²) in [5.74, 6) is 0.199. The molecule has 25 heavy (non-hydrogen) atoms. The van der Waals surface area contributed by atoms with Crippen molar-refractivity contribution in [1.82, 2.24) is 9.80 Å². The number of halogens is 2. The first kappa shape index (κ1) is 18.4. The molecular formula is C19H22Cl2N2O2. The van der Waals surface area contributed by atoms with Crippen molar-refractivity contribution >= 4 is 34.9 Å². The van der Waals surface area contributed by atoms with Crippen LogP contribution in [-0.4, -0.2) is 53.7 Å². The Balaban J connectivity index is 1.82. The largest absolute Gasteiger partial charge is 0.337 e. The molecule has 2 aliphatic rings. The Labute approximate surface area is 158 Å². The quantitative estimate of drug-likeness (QED) is 0.591. The van der Waals surface area contributed by atoms with Gasteiger partial charge in [0, 0.05) is 50.6 Å². The Hall–Kier alpha value is -1.36. The van der Waals surface area contributed by atoms with Gasteiger partial charge in [0.25, 0.3) is 5.91 Å². The molecule has 1 aromatic rings. The lowest BCUT2D eigenvalue weighted by atomic mass is 9.99. The zero-order valence-corrected chi connectivity index (χ0v) is 15.8. The van der Waals surface area contributed by atoms with Crippen LogP contribution in [0, 0.1) is 0 Å². The van der Waals surface area contributed by atoms with Crippen LogP contribution < -0.4 is 0 Å². The molecule has 3 rings (SSSR count). The molecule has 1 aliphatic carbocycles. The first-order chi connectivity index (χ1) is 12.0. The predicted octanol–water partition coefficient (Wildman–Crippen LogP) is 3.82. The first-order valence-electron chi connectivity index (χ1n) is 8.60. The highest BCUT2D eigenvalue weighted by atomic mass is 35.5. The van der Waals surface area contributed by atoms with E-state index in [4.69, 9.17) is 23.2 Å². The number of Topliss-reactive ketones (excluding diaryl/α,β-unsaturated/α-hetero) is 1. The molecule has 0 radical (unpaired) electrons. The normalized spacial score (nSPS) is 24.4. The highest BCUT2D eigenvalue weighted by Gasteiger charge is 2.35. The molecule has 1 heterocycles. The van der Waals surface area contributed by atoms with Crippen LogP contribution in [0.2, 0.25) is 10.0 Å². The lowest BCUT2D eigenvalue weighted by Crippen LogP contribution is -2.51. The third-order valence-electron chi connectivity index (χ3n) is 5.18. The van der Waals surface area contributed by atoms with Crippen LogP contribution in [0.5, 0.6) is 0 Å². The third kappa shape index (κ3) is 4.08. The van der Waals surface area contributed by atoms with E-state index in [9.17, 15) is 9.59 Å². The summed E-state index contributed by atoms with van der Waals surface area (Å²) in [6.07, 6.45) is 6.90. The van der Waals surface area contributed by atoms with Crippen LogP contribution in [0.15, 0.2) is 30.4 Å². The average Bonchev–Trinajstić information content (AvgIpc) is 3.06. The second-order valence-electron chi connectivity index (χ2n) is 6.72. The number of ketones is 1. The maximum atomic E-state index is 13.0. The summed E-state index contributed by atoms with van der Waals surface area (Å²) in [7, 11) is 1.82. The third-order valence-corrected chi connectivity index (χ3v) is 5.92. The molecule has 2 atom stereocenters. The average molecular weight is 381 g/mol. The minimum absolute atomic E-state index is 0.00769. The van der Waals surface area contributed by atoms with Crippen molar-refractivity contribution in [2.45, 2.75) is 37.8 Å². The molecule has 0 spiro atoms. The van der Waals surface area contributed by atoms with E-state index in [0.29, 0.717) is 34.9 Å². The topological polar surface area (TPSA) is 40.6 Å². The SMILES string of the molecule is CN(C(=O)c1ccc(Cl)c(Cl)c1)C1CCC(=O)CCC1N1CC=CC1. The van der Waals surface area contributed by atoms with Crippen LogP contribution in [0.25, 0.3) is 0 Å². The Kier molecular flexibility index (Phi) is 5.82.